The number of fused-ring (bicyclic) bond motifs is 1. The second-order valence-electron chi connectivity index (χ2n) is 6.93. The van der Waals surface area contributed by atoms with Crippen LogP contribution in [0, 0.1) is 0 Å². The quantitative estimate of drug-likeness (QED) is 0.640. The fourth-order valence-corrected chi connectivity index (χ4v) is 3.61. The monoisotopic (exact) mass is 359 g/mol. The summed E-state index contributed by atoms with van der Waals surface area (Å²) < 4.78 is 12.3. The van der Waals surface area contributed by atoms with E-state index >= 15 is 0 Å². The molecule has 0 fully saturated rings. The highest BCUT2D eigenvalue weighted by molar-refractivity contribution is 5.50. The Hall–Kier alpha value is -2.78. The molecule has 0 aromatic heterocycles. The van der Waals surface area contributed by atoms with Crippen LogP contribution in [0.4, 0.5) is 0 Å². The molecule has 27 heavy (non-hydrogen) atoms. The largest absolute Gasteiger partial charge is 0.485 e. The number of ether oxygens (including phenoxy) is 2. The fourth-order valence-electron chi connectivity index (χ4n) is 3.61. The summed E-state index contributed by atoms with van der Waals surface area (Å²) in [6.45, 7) is 1.07. The van der Waals surface area contributed by atoms with E-state index < -0.39 is 0 Å². The number of benzene rings is 3. The van der Waals surface area contributed by atoms with Crippen molar-refractivity contribution in [3.8, 4) is 11.5 Å². The van der Waals surface area contributed by atoms with Crippen molar-refractivity contribution >= 4 is 0 Å². The molecule has 138 valence electrons. The summed E-state index contributed by atoms with van der Waals surface area (Å²) in [7, 11) is 2.02. The highest BCUT2D eigenvalue weighted by atomic mass is 16.5. The van der Waals surface area contributed by atoms with Crippen molar-refractivity contribution in [1.82, 2.24) is 5.32 Å². The normalized spacial score (nSPS) is 15.4. The first-order chi connectivity index (χ1) is 13.3. The highest BCUT2D eigenvalue weighted by Gasteiger charge is 2.24. The van der Waals surface area contributed by atoms with Crippen LogP contribution in [0.25, 0.3) is 0 Å². The molecule has 0 amide bonds. The maximum absolute atomic E-state index is 6.18. The Morgan fingerprint density at radius 3 is 1.93 bits per heavy atom. The Balaban J connectivity index is 1.57. The van der Waals surface area contributed by atoms with Crippen LogP contribution in [0.15, 0.2) is 72.8 Å². The molecule has 0 saturated carbocycles. The lowest BCUT2D eigenvalue weighted by atomic mass is 10.1. The summed E-state index contributed by atoms with van der Waals surface area (Å²) in [4.78, 5) is 0. The highest BCUT2D eigenvalue weighted by Crippen LogP contribution is 2.40. The molecule has 3 aromatic rings. The second-order valence-corrected chi connectivity index (χ2v) is 6.93. The molecular formula is C24H25NO2. The third-order valence-electron chi connectivity index (χ3n) is 5.11. The Labute approximate surface area is 161 Å². The van der Waals surface area contributed by atoms with E-state index in [1.54, 1.807) is 0 Å². The summed E-state index contributed by atoms with van der Waals surface area (Å²) in [5, 5.41) is 3.40. The number of hydrogen-bond acceptors (Lipinski definition) is 3. The van der Waals surface area contributed by atoms with Gasteiger partial charge in [0.05, 0.1) is 0 Å². The average molecular weight is 359 g/mol. The number of hydrogen-bond donors (Lipinski definition) is 1. The van der Waals surface area contributed by atoms with Gasteiger partial charge in [-0.2, -0.15) is 0 Å². The van der Waals surface area contributed by atoms with Crippen LogP contribution >= 0.6 is 0 Å². The van der Waals surface area contributed by atoms with Crippen LogP contribution in [-0.4, -0.2) is 7.05 Å². The molecule has 1 aliphatic rings. The van der Waals surface area contributed by atoms with Gasteiger partial charge in [0.2, 0.25) is 0 Å². The third kappa shape index (κ3) is 4.15. The number of nitrogens with one attached hydrogen (secondary N) is 1. The molecule has 0 bridgehead atoms. The molecular weight excluding hydrogens is 334 g/mol. The van der Waals surface area contributed by atoms with Crippen LogP contribution < -0.4 is 14.8 Å². The van der Waals surface area contributed by atoms with Crippen molar-refractivity contribution in [1.29, 1.82) is 0 Å². The molecule has 0 radical (unpaired) electrons. The molecule has 1 aliphatic carbocycles. The van der Waals surface area contributed by atoms with Gasteiger partial charge in [0.25, 0.3) is 0 Å². The average Bonchev–Trinajstić information content (AvgIpc) is 3.13. The number of rotatable bonds is 7. The minimum absolute atomic E-state index is 0.391. The SMILES string of the molecule is CNC1CCc2cc(OCc3ccccc3)c(OCc3ccccc3)cc21. The number of aryl methyl sites for hydroxylation is 1. The Bertz CT molecular complexity index is 878. The molecule has 3 nitrogen and oxygen atoms in total. The van der Waals surface area contributed by atoms with Gasteiger partial charge in [0.15, 0.2) is 11.5 Å². The predicted molar refractivity (Wildman–Crippen MR) is 108 cm³/mol. The summed E-state index contributed by atoms with van der Waals surface area (Å²) in [5.41, 5.74) is 4.98. The van der Waals surface area contributed by atoms with E-state index in [0.29, 0.717) is 19.3 Å². The van der Waals surface area contributed by atoms with Gasteiger partial charge < -0.3 is 14.8 Å². The van der Waals surface area contributed by atoms with Crippen molar-refractivity contribution in [2.24, 2.45) is 0 Å². The molecule has 1 atom stereocenters. The lowest BCUT2D eigenvalue weighted by Crippen LogP contribution is -2.13. The third-order valence-corrected chi connectivity index (χ3v) is 5.11. The minimum Gasteiger partial charge on any atom is -0.485 e. The van der Waals surface area contributed by atoms with E-state index in [0.717, 1.165) is 35.5 Å². The second kappa shape index (κ2) is 8.28. The topological polar surface area (TPSA) is 30.5 Å². The van der Waals surface area contributed by atoms with Crippen molar-refractivity contribution in [3.63, 3.8) is 0 Å². The van der Waals surface area contributed by atoms with Crippen molar-refractivity contribution < 1.29 is 9.47 Å². The van der Waals surface area contributed by atoms with Gasteiger partial charge >= 0.3 is 0 Å². The summed E-state index contributed by atoms with van der Waals surface area (Å²) in [6.07, 6.45) is 2.19. The predicted octanol–water partition coefficient (Wildman–Crippen LogP) is 5.05. The first kappa shape index (κ1) is 17.6. The van der Waals surface area contributed by atoms with Gasteiger partial charge in [0.1, 0.15) is 13.2 Å². The van der Waals surface area contributed by atoms with Crippen LogP contribution in [0.2, 0.25) is 0 Å². The van der Waals surface area contributed by atoms with Gasteiger partial charge in [0, 0.05) is 6.04 Å². The van der Waals surface area contributed by atoms with Gasteiger partial charge in [-0.05, 0) is 54.3 Å². The zero-order valence-corrected chi connectivity index (χ0v) is 15.7. The van der Waals surface area contributed by atoms with Crippen molar-refractivity contribution in [2.75, 3.05) is 7.05 Å². The molecule has 0 heterocycles. The van der Waals surface area contributed by atoms with E-state index in [2.05, 4.69) is 41.7 Å². The van der Waals surface area contributed by atoms with Crippen molar-refractivity contribution in [2.45, 2.75) is 32.1 Å². The molecule has 1 N–H and O–H groups in total. The maximum Gasteiger partial charge on any atom is 0.162 e. The van der Waals surface area contributed by atoms with Gasteiger partial charge in [-0.25, -0.2) is 0 Å². The molecule has 0 spiro atoms. The summed E-state index contributed by atoms with van der Waals surface area (Å²) in [5.74, 6) is 1.64. The van der Waals surface area contributed by atoms with Crippen molar-refractivity contribution in [3.05, 3.63) is 95.1 Å². The minimum atomic E-state index is 0.391. The van der Waals surface area contributed by atoms with E-state index in [1.165, 1.54) is 11.1 Å². The van der Waals surface area contributed by atoms with Gasteiger partial charge in [-0.15, -0.1) is 0 Å². The summed E-state index contributed by atoms with van der Waals surface area (Å²) in [6, 6.07) is 25.2. The van der Waals surface area contributed by atoms with E-state index in [-0.39, 0.29) is 0 Å². The molecule has 1 unspecified atom stereocenters. The molecule has 3 heteroatoms. The first-order valence-corrected chi connectivity index (χ1v) is 9.51. The maximum atomic E-state index is 6.18. The van der Waals surface area contributed by atoms with Crippen LogP contribution in [0.1, 0.15) is 34.7 Å². The lowest BCUT2D eigenvalue weighted by Gasteiger charge is -2.17. The smallest absolute Gasteiger partial charge is 0.162 e. The van der Waals surface area contributed by atoms with E-state index in [9.17, 15) is 0 Å². The molecule has 0 saturated heterocycles. The zero-order valence-electron chi connectivity index (χ0n) is 15.7. The van der Waals surface area contributed by atoms with Crippen LogP contribution in [-0.2, 0) is 19.6 Å². The summed E-state index contributed by atoms with van der Waals surface area (Å²) >= 11 is 0. The molecule has 4 rings (SSSR count). The molecule has 0 aliphatic heterocycles. The Morgan fingerprint density at radius 2 is 1.37 bits per heavy atom. The van der Waals surface area contributed by atoms with Crippen LogP contribution in [0.3, 0.4) is 0 Å². The fraction of sp³-hybridized carbons (Fsp3) is 0.250. The van der Waals surface area contributed by atoms with Crippen LogP contribution in [0.5, 0.6) is 11.5 Å². The Kier molecular flexibility index (Phi) is 5.40. The van der Waals surface area contributed by atoms with Gasteiger partial charge in [-0.1, -0.05) is 60.7 Å². The Morgan fingerprint density at radius 1 is 0.815 bits per heavy atom. The zero-order chi connectivity index (χ0) is 18.5. The van der Waals surface area contributed by atoms with E-state index in [1.807, 2.05) is 43.4 Å². The van der Waals surface area contributed by atoms with Gasteiger partial charge in [-0.3, -0.25) is 0 Å². The standard InChI is InChI=1S/C24H25NO2/c1-25-22-13-12-20-14-23(26-16-18-8-4-2-5-9-18)24(15-21(20)22)27-17-19-10-6-3-7-11-19/h2-11,14-15,22,25H,12-13,16-17H2,1H3. The first-order valence-electron chi connectivity index (χ1n) is 9.51. The lowest BCUT2D eigenvalue weighted by molar-refractivity contribution is 0.255. The molecule has 3 aromatic carbocycles. The van der Waals surface area contributed by atoms with E-state index in [4.69, 9.17) is 9.47 Å².